The number of aromatic nitrogens is 1. The van der Waals surface area contributed by atoms with Crippen molar-refractivity contribution in [1.82, 2.24) is 4.57 Å². The van der Waals surface area contributed by atoms with Gasteiger partial charge in [0.2, 0.25) is 0 Å². The summed E-state index contributed by atoms with van der Waals surface area (Å²) in [5.41, 5.74) is 16.4. The van der Waals surface area contributed by atoms with Crippen LogP contribution in [0.2, 0.25) is 0 Å². The molecule has 0 radical (unpaired) electrons. The van der Waals surface area contributed by atoms with Gasteiger partial charge in [-0.2, -0.15) is 0 Å². The summed E-state index contributed by atoms with van der Waals surface area (Å²) in [6.07, 6.45) is 0. The molecule has 11 rings (SSSR count). The molecule has 0 aliphatic carbocycles. The Morgan fingerprint density at radius 3 is 1.50 bits per heavy atom. The van der Waals surface area contributed by atoms with E-state index < -0.39 is 0 Å². The molecule has 11 aromatic rings. The molecule has 2 heteroatoms. The first kappa shape index (κ1) is 35.2. The summed E-state index contributed by atoms with van der Waals surface area (Å²) in [6.45, 7) is 0. The van der Waals surface area contributed by atoms with Crippen molar-refractivity contribution in [2.24, 2.45) is 0 Å². The number of hydrogen-bond donors (Lipinski definition) is 0. The van der Waals surface area contributed by atoms with E-state index in [0.29, 0.717) is 0 Å². The molecule has 0 atom stereocenters. The first-order chi connectivity index (χ1) is 29.8. The monoisotopic (exact) mass is 764 g/mol. The van der Waals surface area contributed by atoms with E-state index in [9.17, 15) is 0 Å². The lowest BCUT2D eigenvalue weighted by atomic mass is 9.92. The van der Waals surface area contributed by atoms with Gasteiger partial charge in [0.1, 0.15) is 0 Å². The van der Waals surface area contributed by atoms with Crippen LogP contribution in [0.3, 0.4) is 0 Å². The number of fused-ring (bicyclic) bond motifs is 4. The normalized spacial score (nSPS) is 11.3. The third-order valence-electron chi connectivity index (χ3n) is 11.8. The van der Waals surface area contributed by atoms with Crippen LogP contribution < -0.4 is 4.90 Å². The zero-order valence-electron chi connectivity index (χ0n) is 33.0. The molecule has 0 bridgehead atoms. The molecule has 1 heterocycles. The Balaban J connectivity index is 1.10. The second-order valence-corrected chi connectivity index (χ2v) is 15.3. The van der Waals surface area contributed by atoms with Crippen LogP contribution in [0.25, 0.3) is 82.8 Å². The van der Waals surface area contributed by atoms with Crippen molar-refractivity contribution >= 4 is 49.6 Å². The maximum Gasteiger partial charge on any atom is 0.0562 e. The summed E-state index contributed by atoms with van der Waals surface area (Å²) < 4.78 is 2.43. The molecule has 0 spiro atoms. The standard InChI is InChI=1S/C58H40N2/c1-4-15-41(16-5-1)43-29-33-49(34-30-43)59(50-35-31-44(32-36-50)47-28-27-42-17-10-11-20-46(42)39-47)51-37-38-55-57(40-51)60(48-21-8-3-9-22-48)56-26-14-25-54(58(55)56)53-24-13-12-23-52(53)45-18-6-2-7-19-45/h1-40H. The third-order valence-corrected chi connectivity index (χ3v) is 11.8. The largest absolute Gasteiger partial charge is 0.310 e. The van der Waals surface area contributed by atoms with Gasteiger partial charge in [0.25, 0.3) is 0 Å². The van der Waals surface area contributed by atoms with Crippen LogP contribution in [0.15, 0.2) is 243 Å². The van der Waals surface area contributed by atoms with Crippen LogP contribution in [-0.4, -0.2) is 4.57 Å². The van der Waals surface area contributed by atoms with Gasteiger partial charge in [-0.25, -0.2) is 0 Å². The lowest BCUT2D eigenvalue weighted by molar-refractivity contribution is 1.18. The van der Waals surface area contributed by atoms with Crippen LogP contribution in [0.1, 0.15) is 0 Å². The zero-order valence-corrected chi connectivity index (χ0v) is 33.0. The highest BCUT2D eigenvalue weighted by Crippen LogP contribution is 2.44. The number of anilines is 3. The Hall–Kier alpha value is -7.94. The van der Waals surface area contributed by atoms with Crippen molar-refractivity contribution in [1.29, 1.82) is 0 Å². The van der Waals surface area contributed by atoms with Crippen LogP contribution >= 0.6 is 0 Å². The summed E-state index contributed by atoms with van der Waals surface area (Å²) in [7, 11) is 0. The molecule has 10 aromatic carbocycles. The van der Waals surface area contributed by atoms with Gasteiger partial charge in [-0.15, -0.1) is 0 Å². The van der Waals surface area contributed by atoms with Crippen LogP contribution in [0, 0.1) is 0 Å². The molecule has 60 heavy (non-hydrogen) atoms. The van der Waals surface area contributed by atoms with Gasteiger partial charge in [-0.1, -0.05) is 182 Å². The molecule has 0 aliphatic heterocycles. The average Bonchev–Trinajstić information content (AvgIpc) is 3.67. The number of rotatable bonds is 8. The molecule has 0 N–H and O–H groups in total. The Labute approximate surface area is 350 Å². The molecule has 0 amide bonds. The molecule has 282 valence electrons. The Morgan fingerprint density at radius 2 is 0.800 bits per heavy atom. The van der Waals surface area contributed by atoms with Crippen molar-refractivity contribution in [3.63, 3.8) is 0 Å². The van der Waals surface area contributed by atoms with Crippen molar-refractivity contribution in [2.75, 3.05) is 4.90 Å². The van der Waals surface area contributed by atoms with E-state index in [0.717, 1.165) is 28.3 Å². The summed E-state index contributed by atoms with van der Waals surface area (Å²) in [5.74, 6) is 0. The molecule has 1 aromatic heterocycles. The molecule has 0 fully saturated rings. The molecule has 0 aliphatic rings. The van der Waals surface area contributed by atoms with E-state index in [1.807, 2.05) is 0 Å². The van der Waals surface area contributed by atoms with Gasteiger partial charge in [0.05, 0.1) is 11.0 Å². The predicted molar refractivity (Wildman–Crippen MR) is 255 cm³/mol. The number of para-hydroxylation sites is 1. The molecule has 0 saturated carbocycles. The van der Waals surface area contributed by atoms with Crippen LogP contribution in [-0.2, 0) is 0 Å². The van der Waals surface area contributed by atoms with Crippen molar-refractivity contribution in [3.05, 3.63) is 243 Å². The van der Waals surface area contributed by atoms with Crippen LogP contribution in [0.4, 0.5) is 17.1 Å². The maximum absolute atomic E-state index is 2.43. The third kappa shape index (κ3) is 6.32. The molecule has 2 nitrogen and oxygen atoms in total. The topological polar surface area (TPSA) is 8.17 Å². The molecule has 0 unspecified atom stereocenters. The Morgan fingerprint density at radius 1 is 0.283 bits per heavy atom. The fourth-order valence-corrected chi connectivity index (χ4v) is 8.91. The minimum Gasteiger partial charge on any atom is -0.310 e. The van der Waals surface area contributed by atoms with E-state index in [2.05, 4.69) is 252 Å². The van der Waals surface area contributed by atoms with Crippen molar-refractivity contribution in [2.45, 2.75) is 0 Å². The maximum atomic E-state index is 2.43. The second kappa shape index (κ2) is 15.1. The van der Waals surface area contributed by atoms with Gasteiger partial charge in [0, 0.05) is 33.5 Å². The smallest absolute Gasteiger partial charge is 0.0562 e. The van der Waals surface area contributed by atoms with Gasteiger partial charge < -0.3 is 9.47 Å². The quantitative estimate of drug-likeness (QED) is 0.150. The number of benzene rings is 10. The van der Waals surface area contributed by atoms with Crippen molar-refractivity contribution < 1.29 is 0 Å². The second-order valence-electron chi connectivity index (χ2n) is 15.3. The van der Waals surface area contributed by atoms with Crippen LogP contribution in [0.5, 0.6) is 0 Å². The molecular weight excluding hydrogens is 725 g/mol. The highest BCUT2D eigenvalue weighted by Gasteiger charge is 2.21. The van der Waals surface area contributed by atoms with Gasteiger partial charge in [-0.05, 0) is 116 Å². The minimum absolute atomic E-state index is 1.08. The van der Waals surface area contributed by atoms with E-state index >= 15 is 0 Å². The summed E-state index contributed by atoms with van der Waals surface area (Å²) in [4.78, 5) is 2.39. The first-order valence-electron chi connectivity index (χ1n) is 20.6. The van der Waals surface area contributed by atoms with Crippen molar-refractivity contribution in [3.8, 4) is 50.2 Å². The van der Waals surface area contributed by atoms with E-state index in [4.69, 9.17) is 0 Å². The Kier molecular flexibility index (Phi) is 8.87. The first-order valence-corrected chi connectivity index (χ1v) is 20.6. The molecular formula is C58H40N2. The Bertz CT molecular complexity index is 3270. The fourth-order valence-electron chi connectivity index (χ4n) is 8.91. The lowest BCUT2D eigenvalue weighted by Gasteiger charge is -2.26. The average molecular weight is 765 g/mol. The summed E-state index contributed by atoms with van der Waals surface area (Å²) in [5, 5.41) is 4.94. The van der Waals surface area contributed by atoms with E-state index in [1.54, 1.807) is 0 Å². The zero-order chi connectivity index (χ0) is 39.8. The SMILES string of the molecule is c1ccc(-c2ccc(N(c3ccc(-c4ccc5ccccc5c4)cc3)c3ccc4c5c(-c6ccccc6-c6ccccc6)cccc5n(-c5ccccc5)c4c3)cc2)cc1. The van der Waals surface area contributed by atoms with Gasteiger partial charge in [-0.3, -0.25) is 0 Å². The molecule has 0 saturated heterocycles. The minimum atomic E-state index is 1.08. The summed E-state index contributed by atoms with van der Waals surface area (Å²) in [6, 6.07) is 87.9. The predicted octanol–water partition coefficient (Wildman–Crippen LogP) is 16.1. The van der Waals surface area contributed by atoms with Gasteiger partial charge >= 0.3 is 0 Å². The van der Waals surface area contributed by atoms with E-state index in [-0.39, 0.29) is 0 Å². The lowest BCUT2D eigenvalue weighted by Crippen LogP contribution is -2.10. The highest BCUT2D eigenvalue weighted by molar-refractivity contribution is 6.17. The fraction of sp³-hybridized carbons (Fsp3) is 0. The highest BCUT2D eigenvalue weighted by atomic mass is 15.1. The number of hydrogen-bond acceptors (Lipinski definition) is 1. The summed E-state index contributed by atoms with van der Waals surface area (Å²) >= 11 is 0. The van der Waals surface area contributed by atoms with E-state index in [1.165, 1.54) is 71.6 Å². The number of nitrogens with zero attached hydrogens (tertiary/aromatic N) is 2. The van der Waals surface area contributed by atoms with Gasteiger partial charge in [0.15, 0.2) is 0 Å².